The Bertz CT molecular complexity index is 376. The van der Waals surface area contributed by atoms with Crippen LogP contribution in [0.3, 0.4) is 0 Å². The van der Waals surface area contributed by atoms with E-state index in [1.807, 2.05) is 0 Å². The van der Waals surface area contributed by atoms with E-state index in [0.717, 1.165) is 18.3 Å². The van der Waals surface area contributed by atoms with Crippen molar-refractivity contribution in [2.75, 3.05) is 18.0 Å². The number of piperidine rings is 1. The molecule has 1 aliphatic heterocycles. The monoisotopic (exact) mass is 246 g/mol. The average Bonchev–Trinajstić information content (AvgIpc) is 2.27. The van der Waals surface area contributed by atoms with Crippen molar-refractivity contribution in [2.45, 2.75) is 39.7 Å². The molecule has 1 aliphatic rings. The molecule has 1 aromatic carbocycles. The Morgan fingerprint density at radius 1 is 1.22 bits per heavy atom. The second-order valence-electron chi connectivity index (χ2n) is 6.16. The summed E-state index contributed by atoms with van der Waals surface area (Å²) in [6, 6.07) is 8.97. The standard InChI is InChI=1S/C16H26N2/c1-12-8-13(2)11-18(10-12)16-7-5-4-6-15(16)9-14(3)17/h4-7,12-14H,8-11,17H2,1-3H3. The number of hydrogen-bond donors (Lipinski definition) is 1. The van der Waals surface area contributed by atoms with Crippen molar-refractivity contribution in [3.63, 3.8) is 0 Å². The largest absolute Gasteiger partial charge is 0.371 e. The van der Waals surface area contributed by atoms with Gasteiger partial charge in [-0.2, -0.15) is 0 Å². The molecule has 3 atom stereocenters. The van der Waals surface area contributed by atoms with Gasteiger partial charge >= 0.3 is 0 Å². The van der Waals surface area contributed by atoms with Gasteiger partial charge in [-0.1, -0.05) is 32.0 Å². The molecule has 1 saturated heterocycles. The maximum atomic E-state index is 5.96. The molecule has 1 fully saturated rings. The molecule has 3 unspecified atom stereocenters. The zero-order valence-corrected chi connectivity index (χ0v) is 11.9. The fourth-order valence-electron chi connectivity index (χ4n) is 3.20. The van der Waals surface area contributed by atoms with Gasteiger partial charge in [0.1, 0.15) is 0 Å². The fraction of sp³-hybridized carbons (Fsp3) is 0.625. The van der Waals surface area contributed by atoms with Crippen LogP contribution in [0.25, 0.3) is 0 Å². The molecule has 1 heterocycles. The van der Waals surface area contributed by atoms with Gasteiger partial charge in [-0.15, -0.1) is 0 Å². The number of nitrogens with two attached hydrogens (primary N) is 1. The van der Waals surface area contributed by atoms with Crippen molar-refractivity contribution < 1.29 is 0 Å². The van der Waals surface area contributed by atoms with Gasteiger partial charge in [-0.25, -0.2) is 0 Å². The van der Waals surface area contributed by atoms with Crippen molar-refractivity contribution in [1.29, 1.82) is 0 Å². The minimum atomic E-state index is 0.228. The molecule has 1 aromatic rings. The number of hydrogen-bond acceptors (Lipinski definition) is 2. The normalized spacial score (nSPS) is 26.1. The molecule has 0 bridgehead atoms. The molecule has 2 N–H and O–H groups in total. The van der Waals surface area contributed by atoms with E-state index in [-0.39, 0.29) is 6.04 Å². The number of rotatable bonds is 3. The van der Waals surface area contributed by atoms with Gasteiger partial charge < -0.3 is 10.6 Å². The second kappa shape index (κ2) is 5.75. The molecule has 2 rings (SSSR count). The van der Waals surface area contributed by atoms with Gasteiger partial charge in [0.2, 0.25) is 0 Å². The summed E-state index contributed by atoms with van der Waals surface area (Å²) in [5.74, 6) is 1.58. The molecule has 0 aliphatic carbocycles. The molecule has 0 spiro atoms. The summed E-state index contributed by atoms with van der Waals surface area (Å²) < 4.78 is 0. The van der Waals surface area contributed by atoms with Crippen molar-refractivity contribution in [3.8, 4) is 0 Å². The Hall–Kier alpha value is -1.02. The number of benzene rings is 1. The lowest BCUT2D eigenvalue weighted by molar-refractivity contribution is 0.356. The maximum Gasteiger partial charge on any atom is 0.0399 e. The lowest BCUT2D eigenvalue weighted by Crippen LogP contribution is -2.39. The molecule has 18 heavy (non-hydrogen) atoms. The van der Waals surface area contributed by atoms with Crippen LogP contribution in [0.15, 0.2) is 24.3 Å². The fourth-order valence-corrected chi connectivity index (χ4v) is 3.20. The quantitative estimate of drug-likeness (QED) is 0.888. The lowest BCUT2D eigenvalue weighted by Gasteiger charge is -2.37. The molecule has 0 amide bonds. The zero-order valence-electron chi connectivity index (χ0n) is 11.9. The predicted octanol–water partition coefficient (Wildman–Crippen LogP) is 3.06. The summed E-state index contributed by atoms with van der Waals surface area (Å²) in [6.07, 6.45) is 2.32. The topological polar surface area (TPSA) is 29.3 Å². The van der Waals surface area contributed by atoms with E-state index in [9.17, 15) is 0 Å². The van der Waals surface area contributed by atoms with Crippen LogP contribution in [0.4, 0.5) is 5.69 Å². The average molecular weight is 246 g/mol. The van der Waals surface area contributed by atoms with Crippen LogP contribution >= 0.6 is 0 Å². The first kappa shape index (κ1) is 13.4. The van der Waals surface area contributed by atoms with Gasteiger partial charge in [0.15, 0.2) is 0 Å². The minimum Gasteiger partial charge on any atom is -0.371 e. The molecule has 0 saturated carbocycles. The first-order chi connectivity index (χ1) is 8.56. The number of nitrogens with zero attached hydrogens (tertiary/aromatic N) is 1. The van der Waals surface area contributed by atoms with Crippen LogP contribution in [0.5, 0.6) is 0 Å². The van der Waals surface area contributed by atoms with Gasteiger partial charge in [0, 0.05) is 24.8 Å². The van der Waals surface area contributed by atoms with Crippen LogP contribution in [0.2, 0.25) is 0 Å². The third-order valence-corrected chi connectivity index (χ3v) is 3.74. The van der Waals surface area contributed by atoms with Gasteiger partial charge in [0.25, 0.3) is 0 Å². The van der Waals surface area contributed by atoms with E-state index < -0.39 is 0 Å². The smallest absolute Gasteiger partial charge is 0.0399 e. The number of para-hydroxylation sites is 1. The van der Waals surface area contributed by atoms with E-state index in [1.54, 1.807) is 0 Å². The van der Waals surface area contributed by atoms with Gasteiger partial charge in [-0.05, 0) is 43.2 Å². The van der Waals surface area contributed by atoms with E-state index in [2.05, 4.69) is 49.9 Å². The number of anilines is 1. The summed E-state index contributed by atoms with van der Waals surface area (Å²) in [5, 5.41) is 0. The first-order valence-corrected chi connectivity index (χ1v) is 7.14. The van der Waals surface area contributed by atoms with Crippen molar-refractivity contribution in [3.05, 3.63) is 29.8 Å². The molecule has 0 aromatic heterocycles. The molecular weight excluding hydrogens is 220 g/mol. The van der Waals surface area contributed by atoms with Crippen molar-refractivity contribution >= 4 is 5.69 Å². The third-order valence-electron chi connectivity index (χ3n) is 3.74. The summed E-state index contributed by atoms with van der Waals surface area (Å²) in [4.78, 5) is 2.55. The molecule has 0 radical (unpaired) electrons. The van der Waals surface area contributed by atoms with Crippen LogP contribution in [0, 0.1) is 11.8 Å². The van der Waals surface area contributed by atoms with E-state index >= 15 is 0 Å². The third kappa shape index (κ3) is 3.26. The van der Waals surface area contributed by atoms with Gasteiger partial charge in [0.05, 0.1) is 0 Å². The highest BCUT2D eigenvalue weighted by molar-refractivity contribution is 5.54. The predicted molar refractivity (Wildman–Crippen MR) is 79.0 cm³/mol. The van der Waals surface area contributed by atoms with E-state index in [4.69, 9.17) is 5.73 Å². The molecular formula is C16H26N2. The van der Waals surface area contributed by atoms with Crippen LogP contribution < -0.4 is 10.6 Å². The van der Waals surface area contributed by atoms with Gasteiger partial charge in [-0.3, -0.25) is 0 Å². The highest BCUT2D eigenvalue weighted by Crippen LogP contribution is 2.29. The Morgan fingerprint density at radius 3 is 2.44 bits per heavy atom. The van der Waals surface area contributed by atoms with Crippen molar-refractivity contribution in [1.82, 2.24) is 0 Å². The van der Waals surface area contributed by atoms with Crippen LogP contribution in [-0.4, -0.2) is 19.1 Å². The van der Waals surface area contributed by atoms with Crippen molar-refractivity contribution in [2.24, 2.45) is 17.6 Å². The molecule has 2 nitrogen and oxygen atoms in total. The Morgan fingerprint density at radius 2 is 1.83 bits per heavy atom. The highest BCUT2D eigenvalue weighted by Gasteiger charge is 2.23. The van der Waals surface area contributed by atoms with E-state index in [0.29, 0.717) is 0 Å². The summed E-state index contributed by atoms with van der Waals surface area (Å²) >= 11 is 0. The summed E-state index contributed by atoms with van der Waals surface area (Å²) in [5.41, 5.74) is 8.75. The molecule has 2 heteroatoms. The van der Waals surface area contributed by atoms with Crippen LogP contribution in [-0.2, 0) is 6.42 Å². The van der Waals surface area contributed by atoms with E-state index in [1.165, 1.54) is 30.8 Å². The Balaban J connectivity index is 2.21. The minimum absolute atomic E-state index is 0.228. The summed E-state index contributed by atoms with van der Waals surface area (Å²) in [6.45, 7) is 9.16. The maximum absolute atomic E-state index is 5.96. The second-order valence-corrected chi connectivity index (χ2v) is 6.16. The zero-order chi connectivity index (χ0) is 13.1. The van der Waals surface area contributed by atoms with Crippen LogP contribution in [0.1, 0.15) is 32.8 Å². The Kier molecular flexibility index (Phi) is 4.28. The SMILES string of the molecule is CC(N)Cc1ccccc1N1CC(C)CC(C)C1. The summed E-state index contributed by atoms with van der Waals surface area (Å²) in [7, 11) is 0. The lowest BCUT2D eigenvalue weighted by atomic mass is 9.91. The first-order valence-electron chi connectivity index (χ1n) is 7.14. The highest BCUT2D eigenvalue weighted by atomic mass is 15.1. The molecule has 100 valence electrons. The Labute approximate surface area is 111 Å².